The highest BCUT2D eigenvalue weighted by atomic mass is 16.4. The van der Waals surface area contributed by atoms with Crippen molar-refractivity contribution in [3.8, 4) is 0 Å². The van der Waals surface area contributed by atoms with E-state index in [1.807, 2.05) is 0 Å². The molecule has 0 spiro atoms. The molecular formula is C11H18N4O3. The second-order valence-electron chi connectivity index (χ2n) is 4.62. The Labute approximate surface area is 105 Å². The molecule has 0 aliphatic heterocycles. The summed E-state index contributed by atoms with van der Waals surface area (Å²) in [6.45, 7) is 3.75. The zero-order valence-corrected chi connectivity index (χ0v) is 10.5. The fourth-order valence-electron chi connectivity index (χ4n) is 1.50. The van der Waals surface area contributed by atoms with Gasteiger partial charge in [0.1, 0.15) is 5.82 Å². The summed E-state index contributed by atoms with van der Waals surface area (Å²) < 4.78 is 0. The summed E-state index contributed by atoms with van der Waals surface area (Å²) in [5.74, 6) is -0.156. The van der Waals surface area contributed by atoms with Crippen molar-refractivity contribution in [2.75, 3.05) is 6.54 Å². The van der Waals surface area contributed by atoms with E-state index in [1.54, 1.807) is 26.2 Å². The average Bonchev–Trinajstić information content (AvgIpc) is 2.66. The molecule has 100 valence electrons. The second-order valence-corrected chi connectivity index (χ2v) is 4.62. The van der Waals surface area contributed by atoms with Crippen molar-refractivity contribution in [1.29, 1.82) is 0 Å². The number of carbonyl (C=O) groups excluding carboxylic acids is 1. The molecule has 0 aliphatic rings. The number of nitrogens with zero attached hydrogens (tertiary/aromatic N) is 1. The number of aromatic amines is 1. The highest BCUT2D eigenvalue weighted by molar-refractivity contribution is 5.76. The smallest absolute Gasteiger partial charge is 0.315 e. The number of imidazole rings is 1. The van der Waals surface area contributed by atoms with Crippen LogP contribution in [-0.4, -0.2) is 39.2 Å². The highest BCUT2D eigenvalue weighted by Gasteiger charge is 2.23. The molecule has 1 rings (SSSR count). The molecular weight excluding hydrogens is 236 g/mol. The molecule has 0 radical (unpaired) electrons. The van der Waals surface area contributed by atoms with Crippen LogP contribution in [0.25, 0.3) is 0 Å². The third-order valence-corrected chi connectivity index (χ3v) is 2.25. The Bertz CT molecular complexity index is 400. The summed E-state index contributed by atoms with van der Waals surface area (Å²) in [5, 5.41) is 13.9. The summed E-state index contributed by atoms with van der Waals surface area (Å²) in [6.07, 6.45) is 3.83. The van der Waals surface area contributed by atoms with E-state index in [1.165, 1.54) is 0 Å². The Hall–Kier alpha value is -2.05. The molecule has 0 aromatic carbocycles. The number of hydrogen-bond donors (Lipinski definition) is 4. The van der Waals surface area contributed by atoms with E-state index in [0.29, 0.717) is 13.0 Å². The lowest BCUT2D eigenvalue weighted by atomic mass is 10.0. The van der Waals surface area contributed by atoms with Crippen LogP contribution in [0.2, 0.25) is 0 Å². The molecule has 0 aliphatic carbocycles. The van der Waals surface area contributed by atoms with Gasteiger partial charge >= 0.3 is 12.0 Å². The Balaban J connectivity index is 2.26. The molecule has 18 heavy (non-hydrogen) atoms. The molecule has 7 nitrogen and oxygen atoms in total. The first-order chi connectivity index (χ1) is 8.39. The Morgan fingerprint density at radius 2 is 2.22 bits per heavy atom. The van der Waals surface area contributed by atoms with Crippen molar-refractivity contribution in [1.82, 2.24) is 20.6 Å². The molecule has 4 N–H and O–H groups in total. The second kappa shape index (κ2) is 6.04. The van der Waals surface area contributed by atoms with E-state index < -0.39 is 11.5 Å². The van der Waals surface area contributed by atoms with Crippen LogP contribution in [0.5, 0.6) is 0 Å². The molecule has 2 amide bonds. The van der Waals surface area contributed by atoms with Gasteiger partial charge in [-0.15, -0.1) is 0 Å². The quantitative estimate of drug-likeness (QED) is 0.593. The summed E-state index contributed by atoms with van der Waals surface area (Å²) >= 11 is 0. The maximum atomic E-state index is 11.5. The van der Waals surface area contributed by atoms with E-state index in [4.69, 9.17) is 5.11 Å². The topological polar surface area (TPSA) is 107 Å². The number of amides is 2. The zero-order valence-electron chi connectivity index (χ0n) is 10.5. The number of nitrogens with one attached hydrogen (secondary N) is 3. The van der Waals surface area contributed by atoms with Crippen molar-refractivity contribution in [3.05, 3.63) is 18.2 Å². The van der Waals surface area contributed by atoms with Gasteiger partial charge in [-0.05, 0) is 13.8 Å². The Kier molecular flexibility index (Phi) is 4.70. The predicted molar refractivity (Wildman–Crippen MR) is 65.2 cm³/mol. The Morgan fingerprint density at radius 1 is 1.50 bits per heavy atom. The van der Waals surface area contributed by atoms with Gasteiger partial charge in [-0.25, -0.2) is 9.78 Å². The minimum Gasteiger partial charge on any atom is -0.481 e. The van der Waals surface area contributed by atoms with Crippen LogP contribution in [-0.2, 0) is 11.2 Å². The summed E-state index contributed by atoms with van der Waals surface area (Å²) in [6, 6.07) is -0.382. The van der Waals surface area contributed by atoms with Crippen LogP contribution in [0.1, 0.15) is 26.1 Å². The van der Waals surface area contributed by atoms with E-state index in [0.717, 1.165) is 5.82 Å². The molecule has 1 aromatic heterocycles. The number of hydrogen-bond acceptors (Lipinski definition) is 3. The molecule has 0 saturated heterocycles. The van der Waals surface area contributed by atoms with Crippen molar-refractivity contribution in [3.63, 3.8) is 0 Å². The van der Waals surface area contributed by atoms with E-state index >= 15 is 0 Å². The number of urea groups is 1. The number of H-pyrrole nitrogens is 1. The molecule has 0 fully saturated rings. The van der Waals surface area contributed by atoms with Gasteiger partial charge in [0.2, 0.25) is 0 Å². The average molecular weight is 254 g/mol. The van der Waals surface area contributed by atoms with Gasteiger partial charge in [0.05, 0.1) is 6.42 Å². The SMILES string of the molecule is CC(C)(CC(=O)O)NC(=O)NCCc1ncc[nH]1. The predicted octanol–water partition coefficient (Wildman–Crippen LogP) is 0.505. The first kappa shape index (κ1) is 14.0. The van der Waals surface area contributed by atoms with Crippen molar-refractivity contribution >= 4 is 12.0 Å². The fraction of sp³-hybridized carbons (Fsp3) is 0.545. The molecule has 0 unspecified atom stereocenters. The van der Waals surface area contributed by atoms with E-state index in [9.17, 15) is 9.59 Å². The van der Waals surface area contributed by atoms with Crippen molar-refractivity contribution in [2.45, 2.75) is 32.2 Å². The first-order valence-corrected chi connectivity index (χ1v) is 5.65. The van der Waals surface area contributed by atoms with Gasteiger partial charge in [-0.3, -0.25) is 4.79 Å². The van der Waals surface area contributed by atoms with Gasteiger partial charge in [-0.2, -0.15) is 0 Å². The summed E-state index contributed by atoms with van der Waals surface area (Å²) in [5.41, 5.74) is -0.777. The van der Waals surface area contributed by atoms with Crippen LogP contribution in [0.4, 0.5) is 4.79 Å². The van der Waals surface area contributed by atoms with E-state index in [2.05, 4.69) is 20.6 Å². The van der Waals surface area contributed by atoms with Crippen LogP contribution < -0.4 is 10.6 Å². The normalized spacial score (nSPS) is 11.0. The number of aromatic nitrogens is 2. The third-order valence-electron chi connectivity index (χ3n) is 2.25. The Morgan fingerprint density at radius 3 is 2.78 bits per heavy atom. The maximum Gasteiger partial charge on any atom is 0.315 e. The number of carboxylic acid groups (broad SMARTS) is 1. The van der Waals surface area contributed by atoms with Crippen LogP contribution in [0, 0.1) is 0 Å². The molecule has 1 aromatic rings. The number of carboxylic acids is 1. The molecule has 1 heterocycles. The monoisotopic (exact) mass is 254 g/mol. The molecule has 7 heteroatoms. The standard InChI is InChI=1S/C11H18N4O3/c1-11(2,7-9(16)17)15-10(18)14-4-3-8-12-5-6-13-8/h5-6H,3-4,7H2,1-2H3,(H,12,13)(H,16,17)(H2,14,15,18). The van der Waals surface area contributed by atoms with Crippen molar-refractivity contribution in [2.24, 2.45) is 0 Å². The third kappa shape index (κ3) is 5.33. The lowest BCUT2D eigenvalue weighted by Gasteiger charge is -2.24. The summed E-state index contributed by atoms with van der Waals surface area (Å²) in [4.78, 5) is 29.1. The molecule has 0 bridgehead atoms. The highest BCUT2D eigenvalue weighted by Crippen LogP contribution is 2.07. The molecule has 0 atom stereocenters. The first-order valence-electron chi connectivity index (χ1n) is 5.65. The van der Waals surface area contributed by atoms with Crippen LogP contribution in [0.3, 0.4) is 0 Å². The van der Waals surface area contributed by atoms with Gasteiger partial charge < -0.3 is 20.7 Å². The zero-order chi connectivity index (χ0) is 13.6. The van der Waals surface area contributed by atoms with Gasteiger partial charge in [-0.1, -0.05) is 0 Å². The van der Waals surface area contributed by atoms with Gasteiger partial charge in [0.25, 0.3) is 0 Å². The summed E-state index contributed by atoms with van der Waals surface area (Å²) in [7, 11) is 0. The number of rotatable bonds is 6. The van der Waals surface area contributed by atoms with Gasteiger partial charge in [0, 0.05) is 30.9 Å². The number of aliphatic carboxylic acids is 1. The largest absolute Gasteiger partial charge is 0.481 e. The molecule has 0 saturated carbocycles. The fourth-order valence-corrected chi connectivity index (χ4v) is 1.50. The van der Waals surface area contributed by atoms with Crippen LogP contribution >= 0.6 is 0 Å². The van der Waals surface area contributed by atoms with Crippen molar-refractivity contribution < 1.29 is 14.7 Å². The number of carbonyl (C=O) groups is 2. The van der Waals surface area contributed by atoms with Crippen LogP contribution in [0.15, 0.2) is 12.4 Å². The van der Waals surface area contributed by atoms with Gasteiger partial charge in [0.15, 0.2) is 0 Å². The minimum absolute atomic E-state index is 0.126. The minimum atomic E-state index is -0.948. The lowest BCUT2D eigenvalue weighted by molar-refractivity contribution is -0.138. The van der Waals surface area contributed by atoms with E-state index in [-0.39, 0.29) is 12.5 Å². The maximum absolute atomic E-state index is 11.5. The lowest BCUT2D eigenvalue weighted by Crippen LogP contribution is -2.49.